The van der Waals surface area contributed by atoms with Crippen molar-refractivity contribution in [2.24, 2.45) is 0 Å². The molecular formula is C8H18N2O2. The number of ether oxygens (including phenoxy) is 1. The van der Waals surface area contributed by atoms with Gasteiger partial charge in [0, 0.05) is 19.2 Å². The first-order chi connectivity index (χ1) is 5.66. The molecule has 0 saturated carbocycles. The van der Waals surface area contributed by atoms with Crippen LogP contribution in [0.3, 0.4) is 0 Å². The molecular weight excluding hydrogens is 156 g/mol. The van der Waals surface area contributed by atoms with Gasteiger partial charge in [0.05, 0.1) is 6.61 Å². The van der Waals surface area contributed by atoms with Crippen LogP contribution in [-0.4, -0.2) is 31.8 Å². The maximum absolute atomic E-state index is 10.9. The second kappa shape index (κ2) is 6.91. The van der Waals surface area contributed by atoms with Gasteiger partial charge >= 0.3 is 6.03 Å². The maximum Gasteiger partial charge on any atom is 0.315 e. The number of urea groups is 1. The number of carbonyl (C=O) groups excluding carboxylic acids is 1. The molecule has 0 rings (SSSR count). The molecule has 0 aromatic heterocycles. The van der Waals surface area contributed by atoms with Gasteiger partial charge in [-0.1, -0.05) is 0 Å². The van der Waals surface area contributed by atoms with Gasteiger partial charge in [0.2, 0.25) is 0 Å². The Labute approximate surface area is 73.7 Å². The molecule has 4 nitrogen and oxygen atoms in total. The first-order valence-corrected chi connectivity index (χ1v) is 4.29. The number of nitrogens with one attached hydrogen (secondary N) is 2. The highest BCUT2D eigenvalue weighted by molar-refractivity contribution is 5.73. The van der Waals surface area contributed by atoms with E-state index in [2.05, 4.69) is 10.6 Å². The van der Waals surface area contributed by atoms with Gasteiger partial charge in [-0.25, -0.2) is 4.79 Å². The van der Waals surface area contributed by atoms with Crippen LogP contribution >= 0.6 is 0 Å². The van der Waals surface area contributed by atoms with Crippen LogP contribution in [-0.2, 0) is 4.74 Å². The minimum absolute atomic E-state index is 0.135. The van der Waals surface area contributed by atoms with Crippen LogP contribution in [0.1, 0.15) is 20.8 Å². The fourth-order valence-corrected chi connectivity index (χ4v) is 0.694. The summed E-state index contributed by atoms with van der Waals surface area (Å²) < 4.78 is 5.05. The van der Waals surface area contributed by atoms with Gasteiger partial charge in [-0.05, 0) is 20.8 Å². The van der Waals surface area contributed by atoms with E-state index in [4.69, 9.17) is 4.74 Å². The maximum atomic E-state index is 10.9. The molecule has 2 N–H and O–H groups in total. The van der Waals surface area contributed by atoms with Crippen LogP contribution < -0.4 is 10.6 Å². The number of rotatable bonds is 5. The smallest absolute Gasteiger partial charge is 0.315 e. The van der Waals surface area contributed by atoms with Gasteiger partial charge in [0.25, 0.3) is 0 Å². The van der Waals surface area contributed by atoms with E-state index in [1.807, 2.05) is 20.8 Å². The normalized spacial score (nSPS) is 10.0. The zero-order valence-corrected chi connectivity index (χ0v) is 8.02. The van der Waals surface area contributed by atoms with Crippen molar-refractivity contribution < 1.29 is 9.53 Å². The lowest BCUT2D eigenvalue weighted by Crippen LogP contribution is -2.40. The fraction of sp³-hybridized carbons (Fsp3) is 0.875. The van der Waals surface area contributed by atoms with Crippen molar-refractivity contribution in [1.82, 2.24) is 10.6 Å². The topological polar surface area (TPSA) is 50.4 Å². The SMILES string of the molecule is CCOCCNC(=O)NC(C)C. The zero-order chi connectivity index (χ0) is 9.40. The van der Waals surface area contributed by atoms with Gasteiger partial charge in [0.15, 0.2) is 0 Å². The summed E-state index contributed by atoms with van der Waals surface area (Å²) in [5.41, 5.74) is 0. The molecule has 0 heterocycles. The summed E-state index contributed by atoms with van der Waals surface area (Å²) in [6.45, 7) is 7.58. The molecule has 0 aliphatic rings. The summed E-state index contributed by atoms with van der Waals surface area (Å²) >= 11 is 0. The van der Waals surface area contributed by atoms with E-state index in [9.17, 15) is 4.79 Å². The quantitative estimate of drug-likeness (QED) is 0.604. The van der Waals surface area contributed by atoms with E-state index in [0.29, 0.717) is 19.8 Å². The number of amides is 2. The van der Waals surface area contributed by atoms with E-state index in [0.717, 1.165) is 0 Å². The van der Waals surface area contributed by atoms with Crippen molar-refractivity contribution in [3.05, 3.63) is 0 Å². The Morgan fingerprint density at radius 1 is 1.50 bits per heavy atom. The number of carbonyl (C=O) groups is 1. The van der Waals surface area contributed by atoms with E-state index in [-0.39, 0.29) is 12.1 Å². The van der Waals surface area contributed by atoms with Crippen LogP contribution in [0.25, 0.3) is 0 Å². The van der Waals surface area contributed by atoms with E-state index < -0.39 is 0 Å². The van der Waals surface area contributed by atoms with Crippen molar-refractivity contribution in [3.63, 3.8) is 0 Å². The molecule has 0 saturated heterocycles. The van der Waals surface area contributed by atoms with Crippen LogP contribution in [0, 0.1) is 0 Å². The first-order valence-electron chi connectivity index (χ1n) is 4.29. The molecule has 0 aromatic carbocycles. The lowest BCUT2D eigenvalue weighted by Gasteiger charge is -2.09. The molecule has 4 heteroatoms. The molecule has 72 valence electrons. The summed E-state index contributed by atoms with van der Waals surface area (Å²) in [5, 5.41) is 5.39. The highest BCUT2D eigenvalue weighted by Gasteiger charge is 1.99. The number of hydrogen-bond acceptors (Lipinski definition) is 2. The fourth-order valence-electron chi connectivity index (χ4n) is 0.694. The van der Waals surface area contributed by atoms with Gasteiger partial charge in [-0.2, -0.15) is 0 Å². The average molecular weight is 174 g/mol. The predicted molar refractivity (Wildman–Crippen MR) is 48.2 cm³/mol. The lowest BCUT2D eigenvalue weighted by atomic mass is 10.4. The van der Waals surface area contributed by atoms with Gasteiger partial charge < -0.3 is 15.4 Å². The molecule has 0 aliphatic heterocycles. The third-order valence-corrected chi connectivity index (χ3v) is 1.16. The Hall–Kier alpha value is -0.770. The molecule has 0 atom stereocenters. The molecule has 0 unspecified atom stereocenters. The Balaban J connectivity index is 3.20. The Morgan fingerprint density at radius 2 is 2.17 bits per heavy atom. The Kier molecular flexibility index (Phi) is 6.47. The highest BCUT2D eigenvalue weighted by Crippen LogP contribution is 1.76. The number of hydrogen-bond donors (Lipinski definition) is 2. The van der Waals surface area contributed by atoms with Crippen LogP contribution in [0.4, 0.5) is 4.79 Å². The minimum atomic E-state index is -0.135. The van der Waals surface area contributed by atoms with E-state index >= 15 is 0 Å². The highest BCUT2D eigenvalue weighted by atomic mass is 16.5. The molecule has 0 aromatic rings. The predicted octanol–water partition coefficient (Wildman–Crippen LogP) is 0.730. The summed E-state index contributed by atoms with van der Waals surface area (Å²) in [6, 6.07) is 0.0433. The van der Waals surface area contributed by atoms with Crippen LogP contribution in [0.5, 0.6) is 0 Å². The van der Waals surface area contributed by atoms with Crippen molar-refractivity contribution >= 4 is 6.03 Å². The Bertz CT molecular complexity index is 126. The largest absolute Gasteiger partial charge is 0.380 e. The summed E-state index contributed by atoms with van der Waals surface area (Å²) in [6.07, 6.45) is 0. The van der Waals surface area contributed by atoms with Crippen LogP contribution in [0.2, 0.25) is 0 Å². The monoisotopic (exact) mass is 174 g/mol. The minimum Gasteiger partial charge on any atom is -0.380 e. The molecule has 0 fully saturated rings. The zero-order valence-electron chi connectivity index (χ0n) is 8.02. The van der Waals surface area contributed by atoms with Gasteiger partial charge in [-0.3, -0.25) is 0 Å². The Morgan fingerprint density at radius 3 is 2.67 bits per heavy atom. The average Bonchev–Trinajstić information content (AvgIpc) is 1.97. The van der Waals surface area contributed by atoms with Crippen molar-refractivity contribution in [2.45, 2.75) is 26.8 Å². The van der Waals surface area contributed by atoms with E-state index in [1.54, 1.807) is 0 Å². The standard InChI is InChI=1S/C8H18N2O2/c1-4-12-6-5-9-8(11)10-7(2)3/h7H,4-6H2,1-3H3,(H2,9,10,11). The van der Waals surface area contributed by atoms with Crippen molar-refractivity contribution in [2.75, 3.05) is 19.8 Å². The molecule has 0 bridgehead atoms. The third kappa shape index (κ3) is 7.34. The molecule has 0 spiro atoms. The van der Waals surface area contributed by atoms with Crippen LogP contribution in [0.15, 0.2) is 0 Å². The lowest BCUT2D eigenvalue weighted by molar-refractivity contribution is 0.149. The van der Waals surface area contributed by atoms with Crippen molar-refractivity contribution in [1.29, 1.82) is 0 Å². The van der Waals surface area contributed by atoms with Gasteiger partial charge in [-0.15, -0.1) is 0 Å². The molecule has 0 radical (unpaired) electrons. The molecule has 0 aliphatic carbocycles. The van der Waals surface area contributed by atoms with E-state index in [1.165, 1.54) is 0 Å². The van der Waals surface area contributed by atoms with Crippen molar-refractivity contribution in [3.8, 4) is 0 Å². The second-order valence-electron chi connectivity index (χ2n) is 2.75. The summed E-state index contributed by atoms with van der Waals surface area (Å²) in [4.78, 5) is 10.9. The molecule has 12 heavy (non-hydrogen) atoms. The summed E-state index contributed by atoms with van der Waals surface area (Å²) in [7, 11) is 0. The summed E-state index contributed by atoms with van der Waals surface area (Å²) in [5.74, 6) is 0. The first kappa shape index (κ1) is 11.2. The third-order valence-electron chi connectivity index (χ3n) is 1.16. The molecule has 2 amide bonds. The van der Waals surface area contributed by atoms with Gasteiger partial charge in [0.1, 0.15) is 0 Å². The second-order valence-corrected chi connectivity index (χ2v) is 2.75.